The summed E-state index contributed by atoms with van der Waals surface area (Å²) < 4.78 is 31.2. The summed E-state index contributed by atoms with van der Waals surface area (Å²) in [5, 5.41) is 11.5. The average Bonchev–Trinajstić information content (AvgIpc) is 2.32. The highest BCUT2D eigenvalue weighted by atomic mass is 19.1. The maximum Gasteiger partial charge on any atom is 0.165 e. The van der Waals surface area contributed by atoms with E-state index in [2.05, 4.69) is 5.16 Å². The number of ether oxygens (including phenoxy) is 1. The van der Waals surface area contributed by atoms with Gasteiger partial charge in [-0.15, -0.1) is 0 Å². The molecule has 1 aromatic rings. The van der Waals surface area contributed by atoms with Crippen LogP contribution in [0.5, 0.6) is 5.75 Å². The third-order valence-corrected chi connectivity index (χ3v) is 2.68. The van der Waals surface area contributed by atoms with Gasteiger partial charge >= 0.3 is 0 Å². The van der Waals surface area contributed by atoms with E-state index in [1.165, 1.54) is 0 Å². The molecule has 6 heteroatoms. The SMILES string of the molecule is CC(C)(CCOc1cc(F)ccc1F)C(N)=NO. The first-order valence-electron chi connectivity index (χ1n) is 5.42. The molecule has 0 fully saturated rings. The van der Waals surface area contributed by atoms with E-state index in [4.69, 9.17) is 15.7 Å². The van der Waals surface area contributed by atoms with Crippen molar-refractivity contribution in [2.45, 2.75) is 20.3 Å². The number of rotatable bonds is 5. The third kappa shape index (κ3) is 3.58. The standard InChI is InChI=1S/C12H16F2N2O2/c1-12(2,11(15)16-17)5-6-18-10-7-8(13)3-4-9(10)14/h3-4,7,17H,5-6H2,1-2H3,(H2,15,16). The van der Waals surface area contributed by atoms with E-state index in [-0.39, 0.29) is 18.2 Å². The van der Waals surface area contributed by atoms with E-state index in [0.29, 0.717) is 6.42 Å². The van der Waals surface area contributed by atoms with E-state index >= 15 is 0 Å². The van der Waals surface area contributed by atoms with Crippen molar-refractivity contribution in [3.8, 4) is 5.75 Å². The Morgan fingerprint density at radius 1 is 1.44 bits per heavy atom. The number of hydrogen-bond acceptors (Lipinski definition) is 3. The minimum Gasteiger partial charge on any atom is -0.490 e. The smallest absolute Gasteiger partial charge is 0.165 e. The number of nitrogens with zero attached hydrogens (tertiary/aromatic N) is 1. The van der Waals surface area contributed by atoms with Crippen LogP contribution in [0.15, 0.2) is 23.4 Å². The molecule has 100 valence electrons. The molecule has 0 aliphatic rings. The van der Waals surface area contributed by atoms with Gasteiger partial charge in [0.05, 0.1) is 6.61 Å². The maximum atomic E-state index is 13.2. The van der Waals surface area contributed by atoms with Gasteiger partial charge in [0.15, 0.2) is 11.6 Å². The zero-order valence-corrected chi connectivity index (χ0v) is 10.3. The fourth-order valence-electron chi connectivity index (χ4n) is 1.27. The molecule has 1 rings (SSSR count). The van der Waals surface area contributed by atoms with Gasteiger partial charge in [0.2, 0.25) is 0 Å². The van der Waals surface area contributed by atoms with Gasteiger partial charge in [-0.2, -0.15) is 0 Å². The molecule has 0 bridgehead atoms. The largest absolute Gasteiger partial charge is 0.490 e. The van der Waals surface area contributed by atoms with Gasteiger partial charge in [-0.3, -0.25) is 0 Å². The molecule has 0 amide bonds. The molecule has 4 nitrogen and oxygen atoms in total. The van der Waals surface area contributed by atoms with Crippen LogP contribution in [0.4, 0.5) is 8.78 Å². The zero-order chi connectivity index (χ0) is 13.8. The van der Waals surface area contributed by atoms with Crippen LogP contribution in [0.2, 0.25) is 0 Å². The monoisotopic (exact) mass is 258 g/mol. The Bertz CT molecular complexity index is 448. The maximum absolute atomic E-state index is 13.2. The van der Waals surface area contributed by atoms with Gasteiger partial charge < -0.3 is 15.7 Å². The van der Waals surface area contributed by atoms with Gasteiger partial charge in [0.1, 0.15) is 11.7 Å². The molecule has 0 aliphatic carbocycles. The molecule has 0 unspecified atom stereocenters. The molecule has 0 saturated carbocycles. The summed E-state index contributed by atoms with van der Waals surface area (Å²) in [6.45, 7) is 3.64. The topological polar surface area (TPSA) is 67.8 Å². The van der Waals surface area contributed by atoms with Gasteiger partial charge in [-0.05, 0) is 18.6 Å². The molecule has 3 N–H and O–H groups in total. The zero-order valence-electron chi connectivity index (χ0n) is 10.3. The molecule has 0 spiro atoms. The lowest BCUT2D eigenvalue weighted by Gasteiger charge is -2.22. The Kier molecular flexibility index (Phi) is 4.47. The Hall–Kier alpha value is -1.85. The van der Waals surface area contributed by atoms with Crippen molar-refractivity contribution in [3.05, 3.63) is 29.8 Å². The predicted molar refractivity (Wildman–Crippen MR) is 63.7 cm³/mol. The lowest BCUT2D eigenvalue weighted by molar-refractivity contribution is 0.250. The van der Waals surface area contributed by atoms with Crippen LogP contribution in [-0.4, -0.2) is 17.6 Å². The van der Waals surface area contributed by atoms with Crippen molar-refractivity contribution in [1.82, 2.24) is 0 Å². The van der Waals surface area contributed by atoms with E-state index in [9.17, 15) is 8.78 Å². The number of amidine groups is 1. The molecule has 0 atom stereocenters. The fourth-order valence-corrected chi connectivity index (χ4v) is 1.27. The van der Waals surface area contributed by atoms with Crippen molar-refractivity contribution >= 4 is 5.84 Å². The van der Waals surface area contributed by atoms with Crippen LogP contribution in [0.1, 0.15) is 20.3 Å². The van der Waals surface area contributed by atoms with Crippen LogP contribution >= 0.6 is 0 Å². The minimum absolute atomic E-state index is 0.0609. The Morgan fingerprint density at radius 3 is 2.72 bits per heavy atom. The van der Waals surface area contributed by atoms with Gasteiger partial charge in [-0.25, -0.2) is 8.78 Å². The normalized spacial score (nSPS) is 12.6. The number of benzene rings is 1. The molecule has 1 aromatic carbocycles. The van der Waals surface area contributed by atoms with E-state index in [0.717, 1.165) is 18.2 Å². The summed E-state index contributed by atoms with van der Waals surface area (Å²) in [7, 11) is 0. The summed E-state index contributed by atoms with van der Waals surface area (Å²) in [6, 6.07) is 2.99. The highest BCUT2D eigenvalue weighted by molar-refractivity contribution is 5.85. The second-order valence-electron chi connectivity index (χ2n) is 4.54. The Morgan fingerprint density at radius 2 is 2.11 bits per heavy atom. The average molecular weight is 258 g/mol. The van der Waals surface area contributed by atoms with Crippen molar-refractivity contribution in [2.75, 3.05) is 6.61 Å². The van der Waals surface area contributed by atoms with Crippen LogP contribution in [0.3, 0.4) is 0 Å². The molecule has 0 aromatic heterocycles. The molecule has 0 aliphatic heterocycles. The molecular formula is C12H16F2N2O2. The van der Waals surface area contributed by atoms with E-state index in [1.54, 1.807) is 13.8 Å². The Balaban J connectivity index is 2.59. The van der Waals surface area contributed by atoms with Crippen molar-refractivity contribution in [3.63, 3.8) is 0 Å². The molecule has 0 heterocycles. The fraction of sp³-hybridized carbons (Fsp3) is 0.417. The van der Waals surface area contributed by atoms with Crippen molar-refractivity contribution < 1.29 is 18.7 Å². The molecule has 18 heavy (non-hydrogen) atoms. The van der Waals surface area contributed by atoms with Crippen LogP contribution in [0.25, 0.3) is 0 Å². The summed E-state index contributed by atoms with van der Waals surface area (Å²) >= 11 is 0. The van der Waals surface area contributed by atoms with Crippen LogP contribution in [-0.2, 0) is 0 Å². The quantitative estimate of drug-likeness (QED) is 0.369. The van der Waals surface area contributed by atoms with Gasteiger partial charge in [0.25, 0.3) is 0 Å². The lowest BCUT2D eigenvalue weighted by atomic mass is 9.88. The van der Waals surface area contributed by atoms with Crippen molar-refractivity contribution in [1.29, 1.82) is 0 Å². The first-order chi connectivity index (χ1) is 8.36. The summed E-state index contributed by atoms with van der Waals surface area (Å²) in [4.78, 5) is 0. The Labute approximate surface area is 104 Å². The summed E-state index contributed by atoms with van der Waals surface area (Å²) in [6.07, 6.45) is 0.402. The third-order valence-electron chi connectivity index (χ3n) is 2.68. The number of oxime groups is 1. The predicted octanol–water partition coefficient (Wildman–Crippen LogP) is 2.51. The highest BCUT2D eigenvalue weighted by Crippen LogP contribution is 2.23. The second-order valence-corrected chi connectivity index (χ2v) is 4.54. The van der Waals surface area contributed by atoms with Crippen molar-refractivity contribution in [2.24, 2.45) is 16.3 Å². The van der Waals surface area contributed by atoms with E-state index < -0.39 is 17.0 Å². The van der Waals surface area contributed by atoms with Crippen LogP contribution < -0.4 is 10.5 Å². The highest BCUT2D eigenvalue weighted by Gasteiger charge is 2.23. The first-order valence-corrected chi connectivity index (χ1v) is 5.42. The van der Waals surface area contributed by atoms with E-state index in [1.807, 2.05) is 0 Å². The molecule has 0 saturated heterocycles. The molecular weight excluding hydrogens is 242 g/mol. The van der Waals surface area contributed by atoms with Gasteiger partial charge in [0, 0.05) is 11.5 Å². The van der Waals surface area contributed by atoms with Crippen LogP contribution in [0, 0.1) is 17.0 Å². The minimum atomic E-state index is -0.627. The number of hydrogen-bond donors (Lipinski definition) is 2. The summed E-state index contributed by atoms with van der Waals surface area (Å²) in [5.41, 5.74) is 4.91. The first kappa shape index (κ1) is 14.2. The van der Waals surface area contributed by atoms with Gasteiger partial charge in [-0.1, -0.05) is 19.0 Å². The number of halogens is 2. The lowest BCUT2D eigenvalue weighted by Crippen LogP contribution is -2.33. The summed E-state index contributed by atoms with van der Waals surface area (Å²) in [5.74, 6) is -1.28. The number of nitrogens with two attached hydrogens (primary N) is 1. The second kappa shape index (κ2) is 5.66. The molecule has 0 radical (unpaired) electrons.